The predicted octanol–water partition coefficient (Wildman–Crippen LogP) is 3.75. The second kappa shape index (κ2) is 8.88. The molecule has 6 nitrogen and oxygen atoms in total. The van der Waals surface area contributed by atoms with E-state index < -0.39 is 0 Å². The van der Waals surface area contributed by atoms with E-state index in [0.29, 0.717) is 5.92 Å². The summed E-state index contributed by atoms with van der Waals surface area (Å²) in [5, 5.41) is 4.50. The number of aromatic nitrogens is 3. The molecule has 2 aromatic rings. The maximum atomic E-state index is 5.53. The van der Waals surface area contributed by atoms with Crippen molar-refractivity contribution in [2.24, 2.45) is 0 Å². The number of ether oxygens (including phenoxy) is 1. The summed E-state index contributed by atoms with van der Waals surface area (Å²) in [6.45, 7) is 6.80. The Labute approximate surface area is 181 Å². The molecule has 29 heavy (non-hydrogen) atoms. The summed E-state index contributed by atoms with van der Waals surface area (Å²) in [5.41, 5.74) is 2.44. The first-order valence-corrected chi connectivity index (χ1v) is 12.8. The highest BCUT2D eigenvalue weighted by Crippen LogP contribution is 2.41. The SMILES string of the molecule is CSc1nc(C2CCOCC2)cc(N2CCN(Cc3csc(C4CC4)n3)CC2)n1. The fraction of sp³-hybridized carbons (Fsp3) is 0.667. The quantitative estimate of drug-likeness (QED) is 0.510. The van der Waals surface area contributed by atoms with E-state index in [9.17, 15) is 0 Å². The summed E-state index contributed by atoms with van der Waals surface area (Å²) in [4.78, 5) is 19.5. The first-order chi connectivity index (χ1) is 14.3. The van der Waals surface area contributed by atoms with Gasteiger partial charge in [-0.05, 0) is 31.9 Å². The summed E-state index contributed by atoms with van der Waals surface area (Å²) < 4.78 is 5.53. The molecule has 0 amide bonds. The second-order valence-electron chi connectivity index (χ2n) is 8.24. The van der Waals surface area contributed by atoms with Gasteiger partial charge in [0.1, 0.15) is 5.82 Å². The molecular weight excluding hydrogens is 402 g/mol. The molecule has 0 bridgehead atoms. The van der Waals surface area contributed by atoms with Gasteiger partial charge in [-0.15, -0.1) is 11.3 Å². The van der Waals surface area contributed by atoms with Crippen LogP contribution in [-0.4, -0.2) is 65.5 Å². The molecule has 0 spiro atoms. The van der Waals surface area contributed by atoms with Crippen LogP contribution in [-0.2, 0) is 11.3 Å². The number of nitrogens with zero attached hydrogens (tertiary/aromatic N) is 5. The molecule has 1 aliphatic carbocycles. The van der Waals surface area contributed by atoms with Crippen molar-refractivity contribution in [2.75, 3.05) is 50.5 Å². The van der Waals surface area contributed by atoms with Crippen LogP contribution in [0.1, 0.15) is 53.9 Å². The highest BCUT2D eigenvalue weighted by molar-refractivity contribution is 7.98. The Morgan fingerprint density at radius 1 is 1.03 bits per heavy atom. The lowest BCUT2D eigenvalue weighted by molar-refractivity contribution is 0.0843. The Morgan fingerprint density at radius 3 is 2.55 bits per heavy atom. The Kier molecular flexibility index (Phi) is 6.04. The van der Waals surface area contributed by atoms with Crippen molar-refractivity contribution in [2.45, 2.75) is 49.2 Å². The minimum atomic E-state index is 0.503. The van der Waals surface area contributed by atoms with Crippen LogP contribution in [0.25, 0.3) is 0 Å². The largest absolute Gasteiger partial charge is 0.381 e. The third kappa shape index (κ3) is 4.76. The first kappa shape index (κ1) is 19.7. The van der Waals surface area contributed by atoms with Gasteiger partial charge >= 0.3 is 0 Å². The van der Waals surface area contributed by atoms with Gasteiger partial charge in [-0.3, -0.25) is 4.90 Å². The summed E-state index contributed by atoms with van der Waals surface area (Å²) in [6.07, 6.45) is 6.86. The minimum absolute atomic E-state index is 0.503. The van der Waals surface area contributed by atoms with E-state index in [-0.39, 0.29) is 0 Å². The monoisotopic (exact) mass is 431 g/mol. The lowest BCUT2D eigenvalue weighted by Crippen LogP contribution is -2.46. The molecule has 0 aromatic carbocycles. The molecule has 0 unspecified atom stereocenters. The van der Waals surface area contributed by atoms with E-state index in [2.05, 4.69) is 27.5 Å². The molecule has 8 heteroatoms. The number of hydrogen-bond donors (Lipinski definition) is 0. The van der Waals surface area contributed by atoms with Gasteiger partial charge < -0.3 is 9.64 Å². The normalized spacial score (nSPS) is 21.6. The summed E-state index contributed by atoms with van der Waals surface area (Å²) in [7, 11) is 0. The maximum absolute atomic E-state index is 5.53. The van der Waals surface area contributed by atoms with Crippen LogP contribution in [0.15, 0.2) is 16.6 Å². The number of thioether (sulfide) groups is 1. The smallest absolute Gasteiger partial charge is 0.189 e. The van der Waals surface area contributed by atoms with Crippen molar-refractivity contribution in [1.29, 1.82) is 0 Å². The summed E-state index contributed by atoms with van der Waals surface area (Å²) in [6, 6.07) is 2.23. The Morgan fingerprint density at radius 2 is 1.83 bits per heavy atom. The number of rotatable bonds is 6. The molecule has 0 atom stereocenters. The zero-order valence-electron chi connectivity index (χ0n) is 17.0. The number of hydrogen-bond acceptors (Lipinski definition) is 8. The average Bonchev–Trinajstić information content (AvgIpc) is 3.53. The van der Waals surface area contributed by atoms with Crippen molar-refractivity contribution in [3.05, 3.63) is 27.8 Å². The molecule has 4 heterocycles. The first-order valence-electron chi connectivity index (χ1n) is 10.7. The van der Waals surface area contributed by atoms with Gasteiger partial charge in [-0.25, -0.2) is 15.0 Å². The van der Waals surface area contributed by atoms with Gasteiger partial charge in [-0.1, -0.05) is 11.8 Å². The van der Waals surface area contributed by atoms with Gasteiger partial charge in [0.05, 0.1) is 16.4 Å². The molecule has 2 aliphatic heterocycles. The third-order valence-corrected chi connectivity index (χ3v) is 7.72. The van der Waals surface area contributed by atoms with Gasteiger partial charge in [0.15, 0.2) is 5.16 Å². The minimum Gasteiger partial charge on any atom is -0.381 e. The molecular formula is C21H29N5OS2. The average molecular weight is 432 g/mol. The van der Waals surface area contributed by atoms with E-state index in [1.165, 1.54) is 29.2 Å². The van der Waals surface area contributed by atoms with Crippen molar-refractivity contribution < 1.29 is 4.74 Å². The van der Waals surface area contributed by atoms with Gasteiger partial charge in [0.2, 0.25) is 0 Å². The van der Waals surface area contributed by atoms with Crippen LogP contribution in [0, 0.1) is 0 Å². The Hall–Kier alpha value is -1.22. The van der Waals surface area contributed by atoms with Crippen LogP contribution in [0.5, 0.6) is 0 Å². The van der Waals surface area contributed by atoms with E-state index in [0.717, 1.165) is 75.7 Å². The van der Waals surface area contributed by atoms with Crippen LogP contribution in [0.2, 0.25) is 0 Å². The molecule has 3 aliphatic rings. The van der Waals surface area contributed by atoms with Crippen LogP contribution in [0.3, 0.4) is 0 Å². The Balaban J connectivity index is 1.22. The van der Waals surface area contributed by atoms with Gasteiger partial charge in [-0.2, -0.15) is 0 Å². The second-order valence-corrected chi connectivity index (χ2v) is 9.90. The van der Waals surface area contributed by atoms with Crippen molar-refractivity contribution >= 4 is 28.9 Å². The summed E-state index contributed by atoms with van der Waals surface area (Å²) in [5.74, 6) is 2.36. The molecule has 156 valence electrons. The van der Waals surface area contributed by atoms with E-state index in [1.54, 1.807) is 11.8 Å². The number of piperazine rings is 1. The topological polar surface area (TPSA) is 54.4 Å². The van der Waals surface area contributed by atoms with Crippen LogP contribution >= 0.6 is 23.1 Å². The van der Waals surface area contributed by atoms with Gasteiger partial charge in [0.25, 0.3) is 0 Å². The molecule has 5 rings (SSSR count). The molecule has 3 fully saturated rings. The molecule has 1 saturated carbocycles. The Bertz CT molecular complexity index is 826. The molecule has 2 aromatic heterocycles. The molecule has 2 saturated heterocycles. The fourth-order valence-corrected chi connectivity index (χ4v) is 5.53. The van der Waals surface area contributed by atoms with E-state index >= 15 is 0 Å². The third-order valence-electron chi connectivity index (χ3n) is 6.11. The lowest BCUT2D eigenvalue weighted by atomic mass is 9.96. The highest BCUT2D eigenvalue weighted by Gasteiger charge is 2.27. The zero-order valence-corrected chi connectivity index (χ0v) is 18.7. The van der Waals surface area contributed by atoms with Crippen molar-refractivity contribution in [3.63, 3.8) is 0 Å². The van der Waals surface area contributed by atoms with E-state index in [4.69, 9.17) is 19.7 Å². The van der Waals surface area contributed by atoms with Crippen LogP contribution < -0.4 is 4.90 Å². The number of anilines is 1. The highest BCUT2D eigenvalue weighted by atomic mass is 32.2. The predicted molar refractivity (Wildman–Crippen MR) is 118 cm³/mol. The molecule has 0 radical (unpaired) electrons. The summed E-state index contributed by atoms with van der Waals surface area (Å²) >= 11 is 3.49. The standard InChI is InChI=1S/C21H29N5OS2/c1-28-21-23-18(15-4-10-27-11-5-15)12-19(24-21)26-8-6-25(7-9-26)13-17-14-29-20(22-17)16-2-3-16/h12,14-16H,2-11,13H2,1H3. The zero-order chi connectivity index (χ0) is 19.6. The molecule has 0 N–H and O–H groups in total. The van der Waals surface area contributed by atoms with Gasteiger partial charge in [0, 0.05) is 69.2 Å². The van der Waals surface area contributed by atoms with Crippen molar-refractivity contribution in [1.82, 2.24) is 19.9 Å². The van der Waals surface area contributed by atoms with E-state index in [1.807, 2.05) is 11.3 Å². The van der Waals surface area contributed by atoms with Crippen LogP contribution in [0.4, 0.5) is 5.82 Å². The fourth-order valence-electron chi connectivity index (χ4n) is 4.16. The lowest BCUT2D eigenvalue weighted by Gasteiger charge is -2.35. The van der Waals surface area contributed by atoms with Crippen molar-refractivity contribution in [3.8, 4) is 0 Å². The maximum Gasteiger partial charge on any atom is 0.189 e. The number of thiazole rings is 1.